The monoisotopic (exact) mass is 240 g/mol. The Bertz CT molecular complexity index is 349. The van der Waals surface area contributed by atoms with E-state index in [0.717, 1.165) is 25.1 Å². The van der Waals surface area contributed by atoms with Crippen LogP contribution < -0.4 is 11.3 Å². The molecule has 1 heterocycles. The normalized spacial score (nSPS) is 13.0. The summed E-state index contributed by atoms with van der Waals surface area (Å²) >= 11 is 0. The summed E-state index contributed by atoms with van der Waals surface area (Å²) in [6, 6.07) is 0.203. The average molecular weight is 240 g/mol. The highest BCUT2D eigenvalue weighted by Gasteiger charge is 2.12. The molecule has 1 unspecified atom stereocenters. The number of hydrazine groups is 1. The average Bonchev–Trinajstić information content (AvgIpc) is 2.55. The fraction of sp³-hybridized carbons (Fsp3) is 0.750. The number of hydrogen-bond acceptors (Lipinski definition) is 4. The highest BCUT2D eigenvalue weighted by Crippen LogP contribution is 2.14. The van der Waals surface area contributed by atoms with Crippen LogP contribution in [0.15, 0.2) is 0 Å². The number of ether oxygens (including phenoxy) is 1. The van der Waals surface area contributed by atoms with Crippen molar-refractivity contribution in [3.05, 3.63) is 17.0 Å². The third-order valence-electron chi connectivity index (χ3n) is 3.16. The molecular weight excluding hydrogens is 216 g/mol. The zero-order valence-corrected chi connectivity index (χ0v) is 11.3. The maximum atomic E-state index is 5.51. The summed E-state index contributed by atoms with van der Waals surface area (Å²) in [6.07, 6.45) is 1.94. The Morgan fingerprint density at radius 2 is 2.18 bits per heavy atom. The summed E-state index contributed by atoms with van der Waals surface area (Å²) < 4.78 is 7.31. The van der Waals surface area contributed by atoms with Gasteiger partial charge < -0.3 is 4.74 Å². The van der Waals surface area contributed by atoms with Gasteiger partial charge in [0.1, 0.15) is 0 Å². The Morgan fingerprint density at radius 1 is 1.47 bits per heavy atom. The van der Waals surface area contributed by atoms with E-state index >= 15 is 0 Å². The van der Waals surface area contributed by atoms with Gasteiger partial charge in [-0.3, -0.25) is 16.0 Å². The van der Waals surface area contributed by atoms with Gasteiger partial charge in [0.15, 0.2) is 0 Å². The summed E-state index contributed by atoms with van der Waals surface area (Å²) in [5.74, 6) is 5.51. The molecule has 0 aromatic carbocycles. The topological polar surface area (TPSA) is 65.1 Å². The molecule has 1 atom stereocenters. The first kappa shape index (κ1) is 14.2. The number of aromatic nitrogens is 2. The second kappa shape index (κ2) is 6.74. The Hall–Kier alpha value is -0.910. The van der Waals surface area contributed by atoms with Crippen LogP contribution in [-0.2, 0) is 18.2 Å². The Balaban J connectivity index is 2.53. The van der Waals surface area contributed by atoms with Crippen molar-refractivity contribution in [2.45, 2.75) is 39.7 Å². The quantitative estimate of drug-likeness (QED) is 0.547. The van der Waals surface area contributed by atoms with E-state index in [4.69, 9.17) is 10.6 Å². The Kier molecular flexibility index (Phi) is 5.61. The number of nitrogens with two attached hydrogens (primary N) is 1. The minimum atomic E-state index is 0.203. The van der Waals surface area contributed by atoms with Crippen molar-refractivity contribution in [2.24, 2.45) is 12.9 Å². The van der Waals surface area contributed by atoms with Crippen molar-refractivity contribution in [3.63, 3.8) is 0 Å². The molecule has 0 aliphatic carbocycles. The van der Waals surface area contributed by atoms with Gasteiger partial charge in [0.2, 0.25) is 0 Å². The van der Waals surface area contributed by atoms with Gasteiger partial charge in [-0.1, -0.05) is 0 Å². The van der Waals surface area contributed by atoms with E-state index in [-0.39, 0.29) is 6.04 Å². The summed E-state index contributed by atoms with van der Waals surface area (Å²) in [5.41, 5.74) is 6.46. The van der Waals surface area contributed by atoms with Gasteiger partial charge in [0, 0.05) is 25.4 Å². The standard InChI is InChI=1S/C12H24N4O/c1-5-17-8-11(14-13)6-7-12-9(2)15-16(4)10(12)3/h11,14H,5-8,13H2,1-4H3. The van der Waals surface area contributed by atoms with E-state index in [1.165, 1.54) is 11.3 Å². The molecule has 0 radical (unpaired) electrons. The summed E-state index contributed by atoms with van der Waals surface area (Å²) in [5, 5.41) is 4.41. The molecule has 3 N–H and O–H groups in total. The molecule has 98 valence electrons. The smallest absolute Gasteiger partial charge is 0.0633 e. The van der Waals surface area contributed by atoms with Crippen LogP contribution in [0.4, 0.5) is 0 Å². The van der Waals surface area contributed by atoms with Crippen LogP contribution in [0.5, 0.6) is 0 Å². The second-order valence-corrected chi connectivity index (χ2v) is 4.33. The van der Waals surface area contributed by atoms with E-state index in [1.807, 2.05) is 18.7 Å². The van der Waals surface area contributed by atoms with Gasteiger partial charge in [-0.05, 0) is 39.2 Å². The van der Waals surface area contributed by atoms with E-state index < -0.39 is 0 Å². The molecule has 0 aliphatic heterocycles. The molecule has 0 fully saturated rings. The van der Waals surface area contributed by atoms with E-state index in [9.17, 15) is 0 Å². The van der Waals surface area contributed by atoms with Gasteiger partial charge in [-0.2, -0.15) is 5.10 Å². The van der Waals surface area contributed by atoms with Crippen molar-refractivity contribution in [2.75, 3.05) is 13.2 Å². The molecule has 1 rings (SSSR count). The molecule has 0 saturated carbocycles. The van der Waals surface area contributed by atoms with E-state index in [0.29, 0.717) is 6.61 Å². The second-order valence-electron chi connectivity index (χ2n) is 4.33. The molecule has 0 saturated heterocycles. The SMILES string of the molecule is CCOCC(CCc1c(C)nn(C)c1C)NN. The van der Waals surface area contributed by atoms with E-state index in [1.54, 1.807) is 0 Å². The van der Waals surface area contributed by atoms with Gasteiger partial charge in [-0.15, -0.1) is 0 Å². The van der Waals surface area contributed by atoms with Crippen LogP contribution in [0.25, 0.3) is 0 Å². The molecule has 5 nitrogen and oxygen atoms in total. The lowest BCUT2D eigenvalue weighted by Gasteiger charge is -2.15. The molecule has 17 heavy (non-hydrogen) atoms. The van der Waals surface area contributed by atoms with Crippen molar-refractivity contribution < 1.29 is 4.74 Å². The van der Waals surface area contributed by atoms with E-state index in [2.05, 4.69) is 24.4 Å². The molecule has 0 spiro atoms. The van der Waals surface area contributed by atoms with Crippen LogP contribution in [0.3, 0.4) is 0 Å². The molecule has 0 bridgehead atoms. The van der Waals surface area contributed by atoms with Gasteiger partial charge in [-0.25, -0.2) is 0 Å². The van der Waals surface area contributed by atoms with Gasteiger partial charge in [0.25, 0.3) is 0 Å². The first-order valence-electron chi connectivity index (χ1n) is 6.13. The highest BCUT2D eigenvalue weighted by molar-refractivity contribution is 5.24. The van der Waals surface area contributed by atoms with Crippen LogP contribution >= 0.6 is 0 Å². The van der Waals surface area contributed by atoms with Gasteiger partial charge in [0.05, 0.1) is 12.3 Å². The molecule has 0 aliphatic rings. The molecule has 0 amide bonds. The largest absolute Gasteiger partial charge is 0.380 e. The van der Waals surface area contributed by atoms with Crippen molar-refractivity contribution in [3.8, 4) is 0 Å². The Labute approximate surface area is 103 Å². The zero-order valence-electron chi connectivity index (χ0n) is 11.3. The molecule has 1 aromatic heterocycles. The first-order valence-corrected chi connectivity index (χ1v) is 6.13. The van der Waals surface area contributed by atoms with Crippen molar-refractivity contribution in [1.82, 2.24) is 15.2 Å². The van der Waals surface area contributed by atoms with Crippen molar-refractivity contribution in [1.29, 1.82) is 0 Å². The minimum absolute atomic E-state index is 0.203. The molecule has 1 aromatic rings. The lowest BCUT2D eigenvalue weighted by atomic mass is 10.0. The fourth-order valence-corrected chi connectivity index (χ4v) is 1.97. The summed E-state index contributed by atoms with van der Waals surface area (Å²) in [4.78, 5) is 0. The van der Waals surface area contributed by atoms with Crippen LogP contribution in [0, 0.1) is 13.8 Å². The summed E-state index contributed by atoms with van der Waals surface area (Å²) in [7, 11) is 1.98. The predicted octanol–water partition coefficient (Wildman–Crippen LogP) is 0.838. The molecular formula is C12H24N4O. The zero-order chi connectivity index (χ0) is 12.8. The Morgan fingerprint density at radius 3 is 2.65 bits per heavy atom. The number of rotatable bonds is 7. The number of hydrogen-bond donors (Lipinski definition) is 2. The highest BCUT2D eigenvalue weighted by atomic mass is 16.5. The summed E-state index contributed by atoms with van der Waals surface area (Å²) in [6.45, 7) is 7.52. The third-order valence-corrected chi connectivity index (χ3v) is 3.16. The first-order chi connectivity index (χ1) is 8.10. The lowest BCUT2D eigenvalue weighted by molar-refractivity contribution is 0.120. The van der Waals surface area contributed by atoms with Crippen LogP contribution in [0.1, 0.15) is 30.3 Å². The number of nitrogens with zero attached hydrogens (tertiary/aromatic N) is 2. The maximum Gasteiger partial charge on any atom is 0.0633 e. The van der Waals surface area contributed by atoms with Gasteiger partial charge >= 0.3 is 0 Å². The number of aryl methyl sites for hydroxylation is 2. The van der Waals surface area contributed by atoms with Crippen LogP contribution in [0.2, 0.25) is 0 Å². The number of nitrogens with one attached hydrogen (secondary N) is 1. The third kappa shape index (κ3) is 3.80. The molecule has 5 heteroatoms. The fourth-order valence-electron chi connectivity index (χ4n) is 1.97. The minimum Gasteiger partial charge on any atom is -0.380 e. The predicted molar refractivity (Wildman–Crippen MR) is 68.6 cm³/mol. The maximum absolute atomic E-state index is 5.51. The lowest BCUT2D eigenvalue weighted by Crippen LogP contribution is -2.39. The van der Waals surface area contributed by atoms with Crippen LogP contribution in [-0.4, -0.2) is 29.0 Å². The van der Waals surface area contributed by atoms with Crippen molar-refractivity contribution >= 4 is 0 Å².